The molecular formula is C15H21NO. The maximum Gasteiger partial charge on any atom is 0.0680 e. The van der Waals surface area contributed by atoms with E-state index in [2.05, 4.69) is 30.1 Å². The van der Waals surface area contributed by atoms with Gasteiger partial charge in [0.25, 0.3) is 0 Å². The predicted octanol–water partition coefficient (Wildman–Crippen LogP) is 2.28. The van der Waals surface area contributed by atoms with E-state index in [0.29, 0.717) is 5.92 Å². The fraction of sp³-hybridized carbons (Fsp3) is 0.600. The van der Waals surface area contributed by atoms with Crippen molar-refractivity contribution in [2.24, 2.45) is 5.92 Å². The SMILES string of the molecule is CCCN1CC2=C(C1)[C@H]1C(=CC2)C=CC[C@H]1O. The molecule has 1 N–H and O–H groups in total. The first-order valence-corrected chi connectivity index (χ1v) is 6.77. The standard InChI is InChI=1S/C15H21NO/c1-2-8-16-9-12-7-6-11-4-3-5-14(17)15(11)13(12)10-16/h3-4,6,14-15,17H,2,5,7-10H2,1H3/t14-,15-/m1/s1. The third-order valence-corrected chi connectivity index (χ3v) is 4.19. The highest BCUT2D eigenvalue weighted by Crippen LogP contribution is 2.40. The maximum absolute atomic E-state index is 10.2. The monoisotopic (exact) mass is 231 g/mol. The van der Waals surface area contributed by atoms with E-state index in [1.807, 2.05) is 0 Å². The van der Waals surface area contributed by atoms with Crippen LogP contribution in [0.25, 0.3) is 0 Å². The average molecular weight is 231 g/mol. The van der Waals surface area contributed by atoms with Gasteiger partial charge in [-0.15, -0.1) is 0 Å². The van der Waals surface area contributed by atoms with Crippen LogP contribution in [0, 0.1) is 5.92 Å². The summed E-state index contributed by atoms with van der Waals surface area (Å²) in [4.78, 5) is 2.52. The van der Waals surface area contributed by atoms with Gasteiger partial charge < -0.3 is 5.11 Å². The summed E-state index contributed by atoms with van der Waals surface area (Å²) in [5, 5.41) is 10.2. The van der Waals surface area contributed by atoms with E-state index < -0.39 is 0 Å². The molecule has 2 heteroatoms. The van der Waals surface area contributed by atoms with Crippen LogP contribution in [-0.4, -0.2) is 35.7 Å². The Hall–Kier alpha value is -0.860. The molecule has 0 spiro atoms. The van der Waals surface area contributed by atoms with E-state index >= 15 is 0 Å². The van der Waals surface area contributed by atoms with Gasteiger partial charge >= 0.3 is 0 Å². The lowest BCUT2D eigenvalue weighted by Gasteiger charge is -2.31. The molecule has 3 rings (SSSR count). The van der Waals surface area contributed by atoms with Crippen LogP contribution < -0.4 is 0 Å². The molecule has 3 aliphatic rings. The predicted molar refractivity (Wildman–Crippen MR) is 69.7 cm³/mol. The van der Waals surface area contributed by atoms with Gasteiger partial charge in [0.15, 0.2) is 0 Å². The Bertz CT molecular complexity index is 405. The number of fused-ring (bicyclic) bond motifs is 2. The van der Waals surface area contributed by atoms with Crippen LogP contribution in [0.15, 0.2) is 34.9 Å². The number of nitrogens with zero attached hydrogens (tertiary/aromatic N) is 1. The van der Waals surface area contributed by atoms with Gasteiger partial charge in [0.05, 0.1) is 6.10 Å². The summed E-state index contributed by atoms with van der Waals surface area (Å²) in [5.74, 6) is 0.297. The highest BCUT2D eigenvalue weighted by molar-refractivity contribution is 5.44. The molecule has 17 heavy (non-hydrogen) atoms. The van der Waals surface area contributed by atoms with E-state index in [9.17, 15) is 5.11 Å². The van der Waals surface area contributed by atoms with Crippen LogP contribution in [0.5, 0.6) is 0 Å². The van der Waals surface area contributed by atoms with Crippen molar-refractivity contribution in [3.05, 3.63) is 34.9 Å². The summed E-state index contributed by atoms with van der Waals surface area (Å²) in [5.41, 5.74) is 4.44. The van der Waals surface area contributed by atoms with Gasteiger partial charge in [-0.2, -0.15) is 0 Å². The van der Waals surface area contributed by atoms with Crippen LogP contribution in [0.4, 0.5) is 0 Å². The van der Waals surface area contributed by atoms with Gasteiger partial charge in [-0.25, -0.2) is 0 Å². The van der Waals surface area contributed by atoms with Gasteiger partial charge in [0.1, 0.15) is 0 Å². The smallest absolute Gasteiger partial charge is 0.0680 e. The van der Waals surface area contributed by atoms with Crippen molar-refractivity contribution in [2.45, 2.75) is 32.3 Å². The third kappa shape index (κ3) is 1.90. The zero-order chi connectivity index (χ0) is 11.8. The Balaban J connectivity index is 1.83. The molecule has 0 fully saturated rings. The molecule has 0 radical (unpaired) electrons. The molecule has 0 aromatic heterocycles. The highest BCUT2D eigenvalue weighted by Gasteiger charge is 2.35. The quantitative estimate of drug-likeness (QED) is 0.737. The van der Waals surface area contributed by atoms with E-state index in [-0.39, 0.29) is 6.10 Å². The second-order valence-corrected chi connectivity index (χ2v) is 5.43. The lowest BCUT2D eigenvalue weighted by molar-refractivity contribution is 0.137. The first-order valence-electron chi connectivity index (χ1n) is 6.77. The molecule has 1 aliphatic heterocycles. The minimum Gasteiger partial charge on any atom is -0.392 e. The Labute approximate surface area is 103 Å². The Morgan fingerprint density at radius 3 is 3.12 bits per heavy atom. The Morgan fingerprint density at radius 1 is 1.41 bits per heavy atom. The van der Waals surface area contributed by atoms with E-state index in [1.54, 1.807) is 5.57 Å². The summed E-state index contributed by atoms with van der Waals surface area (Å²) in [6.45, 7) is 5.62. The lowest BCUT2D eigenvalue weighted by Crippen LogP contribution is -2.30. The number of aliphatic hydroxyl groups is 1. The van der Waals surface area contributed by atoms with Crippen LogP contribution >= 0.6 is 0 Å². The molecule has 0 bridgehead atoms. The Kier molecular flexibility index (Phi) is 2.93. The molecule has 0 amide bonds. The largest absolute Gasteiger partial charge is 0.392 e. The lowest BCUT2D eigenvalue weighted by atomic mass is 9.76. The van der Waals surface area contributed by atoms with Crippen molar-refractivity contribution in [1.82, 2.24) is 4.90 Å². The van der Waals surface area contributed by atoms with Gasteiger partial charge in [0, 0.05) is 19.0 Å². The first-order chi connectivity index (χ1) is 8.29. The van der Waals surface area contributed by atoms with Crippen LogP contribution in [0.2, 0.25) is 0 Å². The van der Waals surface area contributed by atoms with Gasteiger partial charge in [-0.1, -0.05) is 30.7 Å². The summed E-state index contributed by atoms with van der Waals surface area (Å²) in [6, 6.07) is 0. The number of rotatable bonds is 2. The Morgan fingerprint density at radius 2 is 2.29 bits per heavy atom. The summed E-state index contributed by atoms with van der Waals surface area (Å²) < 4.78 is 0. The molecule has 0 aromatic carbocycles. The van der Waals surface area contributed by atoms with Crippen molar-refractivity contribution < 1.29 is 5.11 Å². The van der Waals surface area contributed by atoms with Gasteiger partial charge in [-0.3, -0.25) is 4.90 Å². The van der Waals surface area contributed by atoms with Crippen molar-refractivity contribution in [3.8, 4) is 0 Å². The first kappa shape index (κ1) is 11.2. The molecule has 2 nitrogen and oxygen atoms in total. The molecule has 0 unspecified atom stereocenters. The fourth-order valence-electron chi connectivity index (χ4n) is 3.44. The van der Waals surface area contributed by atoms with Crippen LogP contribution in [0.1, 0.15) is 26.2 Å². The fourth-order valence-corrected chi connectivity index (χ4v) is 3.44. The second kappa shape index (κ2) is 4.43. The van der Waals surface area contributed by atoms with Crippen molar-refractivity contribution in [3.63, 3.8) is 0 Å². The number of hydrogen-bond acceptors (Lipinski definition) is 2. The summed E-state index contributed by atoms with van der Waals surface area (Å²) >= 11 is 0. The van der Waals surface area contributed by atoms with E-state index in [4.69, 9.17) is 0 Å². The molecule has 0 aromatic rings. The second-order valence-electron chi connectivity index (χ2n) is 5.43. The van der Waals surface area contributed by atoms with E-state index in [1.165, 1.54) is 24.1 Å². The maximum atomic E-state index is 10.2. The zero-order valence-electron chi connectivity index (χ0n) is 10.5. The summed E-state index contributed by atoms with van der Waals surface area (Å²) in [6.07, 6.45) is 9.57. The normalized spacial score (nSPS) is 32.5. The van der Waals surface area contributed by atoms with Crippen molar-refractivity contribution in [2.75, 3.05) is 19.6 Å². The van der Waals surface area contributed by atoms with E-state index in [0.717, 1.165) is 25.9 Å². The van der Waals surface area contributed by atoms with Crippen LogP contribution in [0.3, 0.4) is 0 Å². The topological polar surface area (TPSA) is 23.5 Å². The van der Waals surface area contributed by atoms with Gasteiger partial charge in [0.2, 0.25) is 0 Å². The average Bonchev–Trinajstić information content (AvgIpc) is 2.72. The highest BCUT2D eigenvalue weighted by atomic mass is 16.3. The molecular weight excluding hydrogens is 210 g/mol. The molecule has 1 heterocycles. The molecule has 0 saturated carbocycles. The molecule has 92 valence electrons. The molecule has 0 saturated heterocycles. The van der Waals surface area contributed by atoms with Crippen LogP contribution in [-0.2, 0) is 0 Å². The third-order valence-electron chi connectivity index (χ3n) is 4.19. The minimum atomic E-state index is -0.196. The van der Waals surface area contributed by atoms with Gasteiger partial charge in [-0.05, 0) is 37.0 Å². The summed E-state index contributed by atoms with van der Waals surface area (Å²) in [7, 11) is 0. The molecule has 2 atom stereocenters. The number of aliphatic hydroxyl groups excluding tert-OH is 1. The number of hydrogen-bond donors (Lipinski definition) is 1. The van der Waals surface area contributed by atoms with Crippen molar-refractivity contribution in [1.29, 1.82) is 0 Å². The minimum absolute atomic E-state index is 0.196. The number of allylic oxidation sites excluding steroid dienone is 2. The molecule has 2 aliphatic carbocycles. The zero-order valence-corrected chi connectivity index (χ0v) is 10.5. The van der Waals surface area contributed by atoms with Crippen molar-refractivity contribution >= 4 is 0 Å².